The number of nitrogens with zero attached hydrogens (tertiary/aromatic N) is 1. The third kappa shape index (κ3) is 3.07. The van der Waals surface area contributed by atoms with Crippen molar-refractivity contribution in [1.29, 1.82) is 0 Å². The minimum absolute atomic E-state index is 0.118. The first-order valence-electron chi connectivity index (χ1n) is 7.01. The molecule has 2 aromatic heterocycles. The average molecular weight is 308 g/mol. The van der Waals surface area contributed by atoms with E-state index in [0.717, 1.165) is 28.1 Å². The van der Waals surface area contributed by atoms with Crippen molar-refractivity contribution < 1.29 is 4.79 Å². The molecule has 1 amide bonds. The molecular weight excluding hydrogens is 292 g/mol. The molecule has 4 heteroatoms. The van der Waals surface area contributed by atoms with Gasteiger partial charge in [0.25, 0.3) is 5.91 Å². The summed E-state index contributed by atoms with van der Waals surface area (Å²) in [5.74, 6) is -0.118. The molecule has 22 heavy (non-hydrogen) atoms. The number of hydrogen-bond donors (Lipinski definition) is 1. The molecule has 0 saturated carbocycles. The van der Waals surface area contributed by atoms with Gasteiger partial charge in [-0.05, 0) is 54.6 Å². The summed E-state index contributed by atoms with van der Waals surface area (Å²) in [5, 5.41) is 7.00. The Morgan fingerprint density at radius 1 is 1.14 bits per heavy atom. The summed E-state index contributed by atoms with van der Waals surface area (Å²) in [4.78, 5) is 16.8. The highest BCUT2D eigenvalue weighted by atomic mass is 32.1. The standard InChI is InChI=1S/C18H16N2OS/c1-12-3-4-13(2)16(9-12)20-18(21)14-5-7-19-17(10-14)15-6-8-22-11-15/h3-11H,1-2H3,(H,20,21). The number of nitrogens with one attached hydrogen (secondary N) is 1. The number of pyridine rings is 1. The van der Waals surface area contributed by atoms with Crippen LogP contribution in [0.5, 0.6) is 0 Å². The first-order chi connectivity index (χ1) is 10.6. The van der Waals surface area contributed by atoms with Crippen LogP contribution in [0, 0.1) is 13.8 Å². The molecule has 3 nitrogen and oxygen atoms in total. The molecule has 3 rings (SSSR count). The fourth-order valence-corrected chi connectivity index (χ4v) is 2.85. The van der Waals surface area contributed by atoms with Crippen molar-refractivity contribution in [2.24, 2.45) is 0 Å². The Bertz CT molecular complexity index is 810. The van der Waals surface area contributed by atoms with Crippen LogP contribution in [-0.4, -0.2) is 10.9 Å². The van der Waals surface area contributed by atoms with E-state index in [9.17, 15) is 4.79 Å². The molecule has 0 spiro atoms. The Hall–Kier alpha value is -2.46. The van der Waals surface area contributed by atoms with Gasteiger partial charge in [0, 0.05) is 28.4 Å². The van der Waals surface area contributed by atoms with Crippen LogP contribution in [-0.2, 0) is 0 Å². The summed E-state index contributed by atoms with van der Waals surface area (Å²) in [6.07, 6.45) is 1.67. The maximum atomic E-state index is 12.5. The highest BCUT2D eigenvalue weighted by molar-refractivity contribution is 7.08. The zero-order valence-corrected chi connectivity index (χ0v) is 13.3. The van der Waals surface area contributed by atoms with Crippen LogP contribution in [0.15, 0.2) is 53.4 Å². The number of rotatable bonds is 3. The van der Waals surface area contributed by atoms with E-state index in [1.807, 2.05) is 54.9 Å². The lowest BCUT2D eigenvalue weighted by atomic mass is 10.1. The van der Waals surface area contributed by atoms with Gasteiger partial charge in [-0.1, -0.05) is 12.1 Å². The van der Waals surface area contributed by atoms with Crippen molar-refractivity contribution in [2.75, 3.05) is 5.32 Å². The van der Waals surface area contributed by atoms with Gasteiger partial charge in [0.2, 0.25) is 0 Å². The van der Waals surface area contributed by atoms with Crippen LogP contribution in [0.4, 0.5) is 5.69 Å². The molecule has 0 bridgehead atoms. The molecule has 0 aliphatic heterocycles. The first kappa shape index (κ1) is 14.5. The second-order valence-corrected chi connectivity index (χ2v) is 5.99. The number of anilines is 1. The summed E-state index contributed by atoms with van der Waals surface area (Å²) < 4.78 is 0. The van der Waals surface area contributed by atoms with Gasteiger partial charge in [-0.25, -0.2) is 0 Å². The summed E-state index contributed by atoms with van der Waals surface area (Å²) in [6.45, 7) is 3.99. The monoisotopic (exact) mass is 308 g/mol. The zero-order valence-electron chi connectivity index (χ0n) is 12.5. The number of carbonyl (C=O) groups excluding carboxylic acids is 1. The summed E-state index contributed by atoms with van der Waals surface area (Å²) in [6, 6.07) is 11.6. The number of aryl methyl sites for hydroxylation is 2. The lowest BCUT2D eigenvalue weighted by molar-refractivity contribution is 0.102. The highest BCUT2D eigenvalue weighted by Gasteiger charge is 2.10. The molecule has 1 aromatic carbocycles. The van der Waals surface area contributed by atoms with Gasteiger partial charge in [-0.2, -0.15) is 11.3 Å². The zero-order chi connectivity index (χ0) is 15.5. The van der Waals surface area contributed by atoms with E-state index in [4.69, 9.17) is 0 Å². The Balaban J connectivity index is 1.86. The number of amides is 1. The molecule has 0 unspecified atom stereocenters. The minimum atomic E-state index is -0.118. The molecule has 1 N–H and O–H groups in total. The molecule has 0 atom stereocenters. The fourth-order valence-electron chi connectivity index (χ4n) is 2.20. The summed E-state index contributed by atoms with van der Waals surface area (Å²) in [7, 11) is 0. The van der Waals surface area contributed by atoms with E-state index in [2.05, 4.69) is 10.3 Å². The second-order valence-electron chi connectivity index (χ2n) is 5.21. The van der Waals surface area contributed by atoms with Crippen molar-refractivity contribution >= 4 is 22.9 Å². The average Bonchev–Trinajstić information content (AvgIpc) is 3.05. The van der Waals surface area contributed by atoms with Crippen molar-refractivity contribution in [2.45, 2.75) is 13.8 Å². The fraction of sp³-hybridized carbons (Fsp3) is 0.111. The van der Waals surface area contributed by atoms with Crippen molar-refractivity contribution in [3.63, 3.8) is 0 Å². The van der Waals surface area contributed by atoms with Gasteiger partial charge < -0.3 is 5.32 Å². The van der Waals surface area contributed by atoms with Gasteiger partial charge in [0.15, 0.2) is 0 Å². The molecule has 0 radical (unpaired) electrons. The van der Waals surface area contributed by atoms with Gasteiger partial charge >= 0.3 is 0 Å². The molecule has 2 heterocycles. The number of aromatic nitrogens is 1. The van der Waals surface area contributed by atoms with Crippen LogP contribution in [0.2, 0.25) is 0 Å². The number of benzene rings is 1. The quantitative estimate of drug-likeness (QED) is 0.763. The molecule has 110 valence electrons. The Labute approximate surface area is 133 Å². The molecular formula is C18H16N2OS. The highest BCUT2D eigenvalue weighted by Crippen LogP contribution is 2.22. The third-order valence-electron chi connectivity index (χ3n) is 3.48. The maximum Gasteiger partial charge on any atom is 0.255 e. The summed E-state index contributed by atoms with van der Waals surface area (Å²) in [5.41, 5.74) is 5.47. The second kappa shape index (κ2) is 6.12. The number of hydrogen-bond acceptors (Lipinski definition) is 3. The van der Waals surface area contributed by atoms with Gasteiger partial charge in [-0.15, -0.1) is 0 Å². The molecule has 0 aliphatic carbocycles. The van der Waals surface area contributed by atoms with Crippen LogP contribution < -0.4 is 5.32 Å². The molecule has 0 saturated heterocycles. The van der Waals surface area contributed by atoms with E-state index < -0.39 is 0 Å². The molecule has 0 aliphatic rings. The predicted octanol–water partition coefficient (Wildman–Crippen LogP) is 4.68. The Morgan fingerprint density at radius 3 is 2.77 bits per heavy atom. The topological polar surface area (TPSA) is 42.0 Å². The summed E-state index contributed by atoms with van der Waals surface area (Å²) >= 11 is 1.61. The van der Waals surface area contributed by atoms with Crippen LogP contribution >= 0.6 is 11.3 Å². The SMILES string of the molecule is Cc1ccc(C)c(NC(=O)c2ccnc(-c3ccsc3)c2)c1. The van der Waals surface area contributed by atoms with Gasteiger partial charge in [-0.3, -0.25) is 9.78 Å². The van der Waals surface area contributed by atoms with E-state index in [1.54, 1.807) is 23.6 Å². The molecule has 0 fully saturated rings. The number of thiophene rings is 1. The number of carbonyl (C=O) groups is 1. The van der Waals surface area contributed by atoms with Crippen molar-refractivity contribution in [3.05, 3.63) is 70.0 Å². The predicted molar refractivity (Wildman–Crippen MR) is 91.4 cm³/mol. The third-order valence-corrected chi connectivity index (χ3v) is 4.16. The minimum Gasteiger partial charge on any atom is -0.322 e. The van der Waals surface area contributed by atoms with Gasteiger partial charge in [0.05, 0.1) is 5.69 Å². The van der Waals surface area contributed by atoms with E-state index in [1.165, 1.54) is 0 Å². The lowest BCUT2D eigenvalue weighted by Gasteiger charge is -2.10. The largest absolute Gasteiger partial charge is 0.322 e. The van der Waals surface area contributed by atoms with E-state index in [-0.39, 0.29) is 5.91 Å². The van der Waals surface area contributed by atoms with Gasteiger partial charge in [0.1, 0.15) is 0 Å². The lowest BCUT2D eigenvalue weighted by Crippen LogP contribution is -2.13. The van der Waals surface area contributed by atoms with Crippen LogP contribution in [0.3, 0.4) is 0 Å². The van der Waals surface area contributed by atoms with Crippen LogP contribution in [0.25, 0.3) is 11.3 Å². The van der Waals surface area contributed by atoms with E-state index in [0.29, 0.717) is 5.56 Å². The molecule has 3 aromatic rings. The Morgan fingerprint density at radius 2 is 2.00 bits per heavy atom. The maximum absolute atomic E-state index is 12.5. The van der Waals surface area contributed by atoms with Crippen molar-refractivity contribution in [3.8, 4) is 11.3 Å². The van der Waals surface area contributed by atoms with Crippen LogP contribution in [0.1, 0.15) is 21.5 Å². The van der Waals surface area contributed by atoms with E-state index >= 15 is 0 Å². The normalized spacial score (nSPS) is 10.5. The Kier molecular flexibility index (Phi) is 4.02. The first-order valence-corrected chi connectivity index (χ1v) is 7.95. The van der Waals surface area contributed by atoms with Crippen molar-refractivity contribution in [1.82, 2.24) is 4.98 Å². The smallest absolute Gasteiger partial charge is 0.255 e.